The highest BCUT2D eigenvalue weighted by atomic mass is 16.5. The molecule has 0 atom stereocenters. The molecule has 0 fully saturated rings. The molecule has 0 saturated heterocycles. The van der Waals surface area contributed by atoms with Gasteiger partial charge >= 0.3 is 0 Å². The lowest BCUT2D eigenvalue weighted by Gasteiger charge is -2.27. The summed E-state index contributed by atoms with van der Waals surface area (Å²) in [4.78, 5) is 0. The van der Waals surface area contributed by atoms with Crippen molar-refractivity contribution in [3.63, 3.8) is 0 Å². The van der Waals surface area contributed by atoms with Gasteiger partial charge in [0, 0.05) is 10.8 Å². The molecule has 0 aliphatic heterocycles. The maximum atomic E-state index is 10.5. The Kier molecular flexibility index (Phi) is 5.92. The average molecular weight is 318 g/mol. The SMILES string of the molecule is C=c1c(O)c(C(C)(C)CC=C(C)CC(C)C)c(=C)c(O)c1OC. The van der Waals surface area contributed by atoms with Crippen LogP contribution in [0.2, 0.25) is 0 Å². The summed E-state index contributed by atoms with van der Waals surface area (Å²) in [6.45, 7) is 18.3. The van der Waals surface area contributed by atoms with Gasteiger partial charge in [-0.3, -0.25) is 0 Å². The first kappa shape index (κ1) is 19.1. The van der Waals surface area contributed by atoms with E-state index in [-0.39, 0.29) is 22.7 Å². The summed E-state index contributed by atoms with van der Waals surface area (Å²) in [6, 6.07) is 0. The highest BCUT2D eigenvalue weighted by Crippen LogP contribution is 2.34. The predicted octanol–water partition coefficient (Wildman–Crippen LogP) is 3.59. The zero-order valence-corrected chi connectivity index (χ0v) is 15.3. The highest BCUT2D eigenvalue weighted by Gasteiger charge is 2.27. The molecule has 23 heavy (non-hydrogen) atoms. The maximum absolute atomic E-state index is 10.5. The van der Waals surface area contributed by atoms with E-state index in [0.717, 1.165) is 12.8 Å². The summed E-state index contributed by atoms with van der Waals surface area (Å²) >= 11 is 0. The fraction of sp³-hybridized carbons (Fsp3) is 0.500. The van der Waals surface area contributed by atoms with Crippen LogP contribution in [-0.2, 0) is 5.41 Å². The number of hydrogen-bond donors (Lipinski definition) is 2. The van der Waals surface area contributed by atoms with E-state index in [2.05, 4.69) is 40.0 Å². The molecule has 2 N–H and O–H groups in total. The average Bonchev–Trinajstić information content (AvgIpc) is 2.43. The van der Waals surface area contributed by atoms with Gasteiger partial charge in [-0.1, -0.05) is 52.5 Å². The van der Waals surface area contributed by atoms with Crippen LogP contribution in [0.3, 0.4) is 0 Å². The lowest BCUT2D eigenvalue weighted by molar-refractivity contribution is 0.355. The van der Waals surface area contributed by atoms with E-state index in [9.17, 15) is 10.2 Å². The Morgan fingerprint density at radius 2 is 1.74 bits per heavy atom. The molecule has 128 valence electrons. The molecule has 3 heteroatoms. The third-order valence-corrected chi connectivity index (χ3v) is 4.17. The van der Waals surface area contributed by atoms with Crippen LogP contribution >= 0.6 is 0 Å². The second kappa shape index (κ2) is 7.12. The highest BCUT2D eigenvalue weighted by molar-refractivity contribution is 5.56. The van der Waals surface area contributed by atoms with Crippen LogP contribution in [0, 0.1) is 5.92 Å². The standard InChI is InChI=1S/C20H30O3/c1-12(2)11-13(3)9-10-20(6,7)16-14(4)18(22)19(23-8)15(5)17(16)21/h9,12,21-22H,4-5,10-11H2,1-3,6-8H3. The predicted molar refractivity (Wildman–Crippen MR) is 97.5 cm³/mol. The van der Waals surface area contributed by atoms with Gasteiger partial charge in [-0.15, -0.1) is 0 Å². The largest absolute Gasteiger partial charge is 0.507 e. The number of hydrogen-bond acceptors (Lipinski definition) is 3. The molecule has 0 aliphatic rings. The fourth-order valence-electron chi connectivity index (χ4n) is 3.01. The minimum Gasteiger partial charge on any atom is -0.507 e. The second-order valence-corrected chi connectivity index (χ2v) is 7.30. The Morgan fingerprint density at radius 3 is 2.22 bits per heavy atom. The van der Waals surface area contributed by atoms with Crippen LogP contribution in [0.15, 0.2) is 11.6 Å². The van der Waals surface area contributed by atoms with E-state index in [1.165, 1.54) is 12.7 Å². The summed E-state index contributed by atoms with van der Waals surface area (Å²) in [7, 11) is 1.44. The smallest absolute Gasteiger partial charge is 0.171 e. The summed E-state index contributed by atoms with van der Waals surface area (Å²) < 4.78 is 5.12. The van der Waals surface area contributed by atoms with Crippen LogP contribution in [0.5, 0.6) is 17.2 Å². The Hall–Kier alpha value is -1.90. The Morgan fingerprint density at radius 1 is 1.17 bits per heavy atom. The van der Waals surface area contributed by atoms with Crippen molar-refractivity contribution in [1.82, 2.24) is 0 Å². The molecule has 0 amide bonds. The molecule has 1 aromatic rings. The molecular formula is C20H30O3. The number of phenolic OH excluding ortho intramolecular Hbond substituents is 2. The van der Waals surface area contributed by atoms with Gasteiger partial charge in [0.2, 0.25) is 0 Å². The molecule has 0 saturated carbocycles. The van der Waals surface area contributed by atoms with Gasteiger partial charge in [0.05, 0.1) is 12.3 Å². The van der Waals surface area contributed by atoms with E-state index in [4.69, 9.17) is 4.74 Å². The van der Waals surface area contributed by atoms with E-state index in [0.29, 0.717) is 21.9 Å². The number of aromatic hydroxyl groups is 2. The van der Waals surface area contributed by atoms with Crippen LogP contribution in [-0.4, -0.2) is 17.3 Å². The van der Waals surface area contributed by atoms with Gasteiger partial charge in [0.15, 0.2) is 11.5 Å². The lowest BCUT2D eigenvalue weighted by atomic mass is 9.78. The molecule has 0 bridgehead atoms. The van der Waals surface area contributed by atoms with Crippen molar-refractivity contribution >= 4 is 13.2 Å². The topological polar surface area (TPSA) is 49.7 Å². The monoisotopic (exact) mass is 318 g/mol. The molecule has 0 unspecified atom stereocenters. The molecule has 0 aliphatic carbocycles. The third kappa shape index (κ3) is 4.10. The van der Waals surface area contributed by atoms with Crippen molar-refractivity contribution in [2.75, 3.05) is 7.11 Å². The first-order valence-corrected chi connectivity index (χ1v) is 7.98. The summed E-state index contributed by atoms with van der Waals surface area (Å²) in [5.41, 5.74) is 1.57. The molecule has 0 spiro atoms. The van der Waals surface area contributed by atoms with Gasteiger partial charge in [-0.2, -0.15) is 0 Å². The van der Waals surface area contributed by atoms with Gasteiger partial charge in [-0.05, 0) is 31.1 Å². The summed E-state index contributed by atoms with van der Waals surface area (Å²) in [5, 5.41) is 21.5. The first-order valence-electron chi connectivity index (χ1n) is 7.98. The van der Waals surface area contributed by atoms with Crippen molar-refractivity contribution in [1.29, 1.82) is 0 Å². The molecule has 0 aromatic heterocycles. The third-order valence-electron chi connectivity index (χ3n) is 4.17. The zero-order chi connectivity index (χ0) is 17.9. The van der Waals surface area contributed by atoms with Gasteiger partial charge in [0.1, 0.15) is 5.75 Å². The van der Waals surface area contributed by atoms with Crippen molar-refractivity contribution in [2.45, 2.75) is 52.9 Å². The first-order chi connectivity index (χ1) is 10.5. The van der Waals surface area contributed by atoms with Crippen molar-refractivity contribution < 1.29 is 14.9 Å². The number of allylic oxidation sites excluding steroid dienone is 2. The Bertz CT molecular complexity index is 697. The minimum atomic E-state index is -0.379. The van der Waals surface area contributed by atoms with Crippen LogP contribution in [0.25, 0.3) is 13.2 Å². The lowest BCUT2D eigenvalue weighted by Crippen LogP contribution is -2.29. The number of phenols is 2. The normalized spacial score (nSPS) is 12.7. The van der Waals surface area contributed by atoms with E-state index in [1.54, 1.807) is 0 Å². The number of benzene rings is 1. The molecule has 3 nitrogen and oxygen atoms in total. The van der Waals surface area contributed by atoms with Gasteiger partial charge in [-0.25, -0.2) is 0 Å². The molecular weight excluding hydrogens is 288 g/mol. The van der Waals surface area contributed by atoms with Crippen molar-refractivity contribution in [2.24, 2.45) is 5.92 Å². The van der Waals surface area contributed by atoms with Gasteiger partial charge < -0.3 is 14.9 Å². The Balaban J connectivity index is 3.35. The molecule has 1 aromatic carbocycles. The number of methoxy groups -OCH3 is 1. The second-order valence-electron chi connectivity index (χ2n) is 7.30. The van der Waals surface area contributed by atoms with E-state index < -0.39 is 0 Å². The number of ether oxygens (including phenoxy) is 1. The number of rotatable bonds is 6. The van der Waals surface area contributed by atoms with Crippen LogP contribution in [0.4, 0.5) is 0 Å². The summed E-state index contributed by atoms with van der Waals surface area (Å²) in [6.07, 6.45) is 3.99. The van der Waals surface area contributed by atoms with Crippen LogP contribution in [0.1, 0.15) is 53.0 Å². The van der Waals surface area contributed by atoms with Gasteiger partial charge in [0.25, 0.3) is 0 Å². The molecule has 0 heterocycles. The van der Waals surface area contributed by atoms with Crippen LogP contribution < -0.4 is 15.2 Å². The van der Waals surface area contributed by atoms with E-state index >= 15 is 0 Å². The quantitative estimate of drug-likeness (QED) is 0.622. The van der Waals surface area contributed by atoms with Crippen molar-refractivity contribution in [3.05, 3.63) is 27.6 Å². The summed E-state index contributed by atoms with van der Waals surface area (Å²) in [5.74, 6) is 0.784. The molecule has 1 rings (SSSR count). The maximum Gasteiger partial charge on any atom is 0.171 e. The molecule has 0 radical (unpaired) electrons. The van der Waals surface area contributed by atoms with Crippen molar-refractivity contribution in [3.8, 4) is 17.2 Å². The minimum absolute atomic E-state index is 0.0459. The fourth-order valence-corrected chi connectivity index (χ4v) is 3.01. The zero-order valence-electron chi connectivity index (χ0n) is 15.3. The van der Waals surface area contributed by atoms with E-state index in [1.807, 2.05) is 13.8 Å². The Labute approximate surface area is 139 Å².